The number of carbonyl (C=O) groups excluding carboxylic acids is 1. The van der Waals surface area contributed by atoms with Crippen molar-refractivity contribution in [3.63, 3.8) is 0 Å². The van der Waals surface area contributed by atoms with E-state index in [2.05, 4.69) is 9.97 Å². The first kappa shape index (κ1) is 8.64. The summed E-state index contributed by atoms with van der Waals surface area (Å²) >= 11 is 0. The van der Waals surface area contributed by atoms with E-state index in [1.807, 2.05) is 0 Å². The van der Waals surface area contributed by atoms with Crippen molar-refractivity contribution in [1.29, 1.82) is 0 Å². The van der Waals surface area contributed by atoms with Gasteiger partial charge in [0.05, 0.1) is 18.4 Å². The van der Waals surface area contributed by atoms with Gasteiger partial charge in [0.15, 0.2) is 5.78 Å². The molecule has 0 unspecified atom stereocenters. The van der Waals surface area contributed by atoms with Gasteiger partial charge in [-0.15, -0.1) is 0 Å². The largest absolute Gasteiger partial charge is 0.467 e. The maximum atomic E-state index is 10.9. The summed E-state index contributed by atoms with van der Waals surface area (Å²) in [7, 11) is 1.49. The van der Waals surface area contributed by atoms with Crippen molar-refractivity contribution in [2.24, 2.45) is 0 Å². The normalized spacial score (nSPS) is 9.58. The number of Topliss-reactive ketones (excluding diaryl/α,β-unsaturated/α-hetero) is 1. The topological polar surface area (TPSA) is 52.1 Å². The maximum absolute atomic E-state index is 10.9. The van der Waals surface area contributed by atoms with Gasteiger partial charge < -0.3 is 4.74 Å². The van der Waals surface area contributed by atoms with Gasteiger partial charge in [-0.05, 0) is 13.8 Å². The molecule has 0 saturated carbocycles. The summed E-state index contributed by atoms with van der Waals surface area (Å²) in [4.78, 5) is 18.7. The summed E-state index contributed by atoms with van der Waals surface area (Å²) in [5, 5.41) is 0. The van der Waals surface area contributed by atoms with Crippen molar-refractivity contribution < 1.29 is 9.53 Å². The van der Waals surface area contributed by atoms with Gasteiger partial charge >= 0.3 is 6.01 Å². The van der Waals surface area contributed by atoms with Crippen LogP contribution in [0, 0.1) is 6.92 Å². The van der Waals surface area contributed by atoms with Gasteiger partial charge in [-0.2, -0.15) is 4.98 Å². The number of nitrogens with zero attached hydrogens (tertiary/aromatic N) is 2. The van der Waals surface area contributed by atoms with E-state index in [1.165, 1.54) is 20.2 Å². The molecule has 64 valence electrons. The predicted molar refractivity (Wildman–Crippen MR) is 43.3 cm³/mol. The molecule has 0 aliphatic rings. The summed E-state index contributed by atoms with van der Waals surface area (Å²) in [6.07, 6.45) is 1.48. The Morgan fingerprint density at radius 3 is 2.67 bits per heavy atom. The van der Waals surface area contributed by atoms with Crippen LogP contribution in [0.1, 0.15) is 23.0 Å². The Bertz CT molecular complexity index is 310. The van der Waals surface area contributed by atoms with Gasteiger partial charge in [0.1, 0.15) is 0 Å². The number of carbonyl (C=O) groups is 1. The number of aromatic nitrogens is 2. The lowest BCUT2D eigenvalue weighted by molar-refractivity contribution is 0.101. The minimum atomic E-state index is -0.0323. The van der Waals surface area contributed by atoms with Crippen LogP contribution in [-0.2, 0) is 0 Å². The molecule has 0 aliphatic carbocycles. The van der Waals surface area contributed by atoms with Gasteiger partial charge in [0.25, 0.3) is 0 Å². The average molecular weight is 166 g/mol. The minimum absolute atomic E-state index is 0.0323. The van der Waals surface area contributed by atoms with E-state index >= 15 is 0 Å². The highest BCUT2D eigenvalue weighted by atomic mass is 16.5. The monoisotopic (exact) mass is 166 g/mol. The summed E-state index contributed by atoms with van der Waals surface area (Å²) < 4.78 is 4.80. The second-order valence-corrected chi connectivity index (χ2v) is 2.41. The molecule has 1 aromatic heterocycles. The summed E-state index contributed by atoms with van der Waals surface area (Å²) in [5.74, 6) is -0.0323. The molecule has 0 saturated heterocycles. The van der Waals surface area contributed by atoms with Crippen LogP contribution >= 0.6 is 0 Å². The van der Waals surface area contributed by atoms with Crippen LogP contribution in [-0.4, -0.2) is 22.9 Å². The Labute approximate surface area is 70.6 Å². The highest BCUT2D eigenvalue weighted by molar-refractivity contribution is 5.94. The number of hydrogen-bond acceptors (Lipinski definition) is 4. The van der Waals surface area contributed by atoms with E-state index in [-0.39, 0.29) is 11.8 Å². The van der Waals surface area contributed by atoms with E-state index in [0.717, 1.165) is 0 Å². The molecule has 0 radical (unpaired) electrons. The van der Waals surface area contributed by atoms with Crippen molar-refractivity contribution >= 4 is 5.78 Å². The Balaban J connectivity index is 3.12. The molecule has 1 heterocycles. The van der Waals surface area contributed by atoms with Gasteiger partial charge in [0, 0.05) is 6.20 Å². The molecule has 0 spiro atoms. The minimum Gasteiger partial charge on any atom is -0.467 e. The summed E-state index contributed by atoms with van der Waals surface area (Å²) in [6, 6.07) is 0.289. The Morgan fingerprint density at radius 1 is 1.58 bits per heavy atom. The zero-order chi connectivity index (χ0) is 9.14. The Morgan fingerprint density at radius 2 is 2.25 bits per heavy atom. The van der Waals surface area contributed by atoms with E-state index in [1.54, 1.807) is 6.92 Å². The van der Waals surface area contributed by atoms with Crippen LogP contribution in [0.2, 0.25) is 0 Å². The molecule has 4 heteroatoms. The molecule has 1 rings (SSSR count). The van der Waals surface area contributed by atoms with Crippen molar-refractivity contribution in [2.75, 3.05) is 7.11 Å². The van der Waals surface area contributed by atoms with Crippen LogP contribution in [0.3, 0.4) is 0 Å². The molecule has 1 aromatic rings. The van der Waals surface area contributed by atoms with Crippen LogP contribution in [0.15, 0.2) is 6.20 Å². The second-order valence-electron chi connectivity index (χ2n) is 2.41. The van der Waals surface area contributed by atoms with Crippen molar-refractivity contribution in [3.8, 4) is 6.01 Å². The van der Waals surface area contributed by atoms with Crippen LogP contribution in [0.4, 0.5) is 0 Å². The molecule has 0 atom stereocenters. The number of hydrogen-bond donors (Lipinski definition) is 0. The molecule has 4 nitrogen and oxygen atoms in total. The number of aryl methyl sites for hydroxylation is 1. The Kier molecular flexibility index (Phi) is 2.38. The van der Waals surface area contributed by atoms with E-state index < -0.39 is 0 Å². The molecular weight excluding hydrogens is 156 g/mol. The van der Waals surface area contributed by atoms with E-state index in [9.17, 15) is 4.79 Å². The van der Waals surface area contributed by atoms with Gasteiger partial charge in [-0.1, -0.05) is 0 Å². The molecule has 0 fully saturated rings. The van der Waals surface area contributed by atoms with Crippen molar-refractivity contribution in [2.45, 2.75) is 13.8 Å². The predicted octanol–water partition coefficient (Wildman–Crippen LogP) is 0.996. The number of ketones is 1. The number of methoxy groups -OCH3 is 1. The lowest BCUT2D eigenvalue weighted by Crippen LogP contribution is -2.02. The summed E-state index contributed by atoms with van der Waals surface area (Å²) in [6.45, 7) is 3.24. The van der Waals surface area contributed by atoms with Crippen LogP contribution in [0.25, 0.3) is 0 Å². The third kappa shape index (κ3) is 1.58. The van der Waals surface area contributed by atoms with E-state index in [0.29, 0.717) is 11.3 Å². The van der Waals surface area contributed by atoms with Crippen LogP contribution < -0.4 is 4.74 Å². The summed E-state index contributed by atoms with van der Waals surface area (Å²) in [5.41, 5.74) is 1.19. The van der Waals surface area contributed by atoms with E-state index in [4.69, 9.17) is 4.74 Å². The van der Waals surface area contributed by atoms with Crippen LogP contribution in [0.5, 0.6) is 6.01 Å². The lowest BCUT2D eigenvalue weighted by Gasteiger charge is -2.01. The molecule has 0 bridgehead atoms. The second kappa shape index (κ2) is 3.30. The molecule has 0 amide bonds. The lowest BCUT2D eigenvalue weighted by atomic mass is 10.2. The zero-order valence-corrected chi connectivity index (χ0v) is 7.29. The molecular formula is C8H10N2O2. The SMILES string of the molecule is COc1ncc(C(C)=O)c(C)n1. The molecule has 12 heavy (non-hydrogen) atoms. The zero-order valence-electron chi connectivity index (χ0n) is 7.29. The standard InChI is InChI=1S/C8H10N2O2/c1-5-7(6(2)11)4-9-8(10-5)12-3/h4H,1-3H3. The fourth-order valence-corrected chi connectivity index (χ4v) is 0.890. The van der Waals surface area contributed by atoms with Gasteiger partial charge in [-0.25, -0.2) is 4.98 Å². The smallest absolute Gasteiger partial charge is 0.316 e. The van der Waals surface area contributed by atoms with Crippen molar-refractivity contribution in [1.82, 2.24) is 9.97 Å². The van der Waals surface area contributed by atoms with Crippen molar-refractivity contribution in [3.05, 3.63) is 17.5 Å². The third-order valence-corrected chi connectivity index (χ3v) is 1.52. The molecule has 0 aliphatic heterocycles. The quantitative estimate of drug-likeness (QED) is 0.615. The Hall–Kier alpha value is -1.45. The van der Waals surface area contributed by atoms with Gasteiger partial charge in [0.2, 0.25) is 0 Å². The highest BCUT2D eigenvalue weighted by Crippen LogP contribution is 2.08. The number of rotatable bonds is 2. The third-order valence-electron chi connectivity index (χ3n) is 1.52. The first-order valence-corrected chi connectivity index (χ1v) is 3.53. The molecule has 0 aromatic carbocycles. The fraction of sp³-hybridized carbons (Fsp3) is 0.375. The highest BCUT2D eigenvalue weighted by Gasteiger charge is 2.06. The number of ether oxygens (including phenoxy) is 1. The maximum Gasteiger partial charge on any atom is 0.316 e. The average Bonchev–Trinajstić information content (AvgIpc) is 2.03. The molecule has 0 N–H and O–H groups in total. The first-order valence-electron chi connectivity index (χ1n) is 3.53. The fourth-order valence-electron chi connectivity index (χ4n) is 0.890. The first-order chi connectivity index (χ1) is 5.65. The van der Waals surface area contributed by atoms with Gasteiger partial charge in [-0.3, -0.25) is 4.79 Å².